The number of carbonyl (C=O) groups excluding carboxylic acids is 1. The molecular weight excluding hydrogens is 252 g/mol. The molecule has 2 rings (SSSR count). The maximum atomic E-state index is 12.2. The molecule has 4 nitrogen and oxygen atoms in total. The molecule has 0 saturated carbocycles. The molecule has 0 aliphatic carbocycles. The van der Waals surface area contributed by atoms with Gasteiger partial charge in [-0.25, -0.2) is 0 Å². The van der Waals surface area contributed by atoms with Crippen molar-refractivity contribution in [2.75, 3.05) is 31.6 Å². The fourth-order valence-corrected chi connectivity index (χ4v) is 2.50. The third-order valence-electron chi connectivity index (χ3n) is 3.58. The largest absolute Gasteiger partial charge is 0.492 e. The predicted molar refractivity (Wildman–Crippen MR) is 81.1 cm³/mol. The van der Waals surface area contributed by atoms with Gasteiger partial charge in [0.2, 0.25) is 5.91 Å². The first-order valence-corrected chi connectivity index (χ1v) is 7.54. The van der Waals surface area contributed by atoms with Crippen LogP contribution in [-0.2, 0) is 4.79 Å². The van der Waals surface area contributed by atoms with E-state index in [2.05, 4.69) is 5.32 Å². The number of ether oxygens (including phenoxy) is 1. The number of hydrogen-bond donors (Lipinski definition) is 1. The highest BCUT2D eigenvalue weighted by Crippen LogP contribution is 2.23. The molecule has 0 atom stereocenters. The van der Waals surface area contributed by atoms with Gasteiger partial charge in [0.1, 0.15) is 5.75 Å². The lowest BCUT2D eigenvalue weighted by Gasteiger charge is -2.21. The van der Waals surface area contributed by atoms with Gasteiger partial charge in [-0.1, -0.05) is 25.0 Å². The number of benzene rings is 1. The van der Waals surface area contributed by atoms with Crippen molar-refractivity contribution in [1.82, 2.24) is 4.90 Å². The number of nitrogens with one attached hydrogen (secondary N) is 1. The van der Waals surface area contributed by atoms with Crippen molar-refractivity contribution in [3.05, 3.63) is 24.3 Å². The molecule has 0 aromatic heterocycles. The molecule has 1 aromatic rings. The van der Waals surface area contributed by atoms with Gasteiger partial charge in [-0.15, -0.1) is 0 Å². The lowest BCUT2D eigenvalue weighted by Crippen LogP contribution is -2.36. The summed E-state index contributed by atoms with van der Waals surface area (Å²) in [5.41, 5.74) is 0.887. The van der Waals surface area contributed by atoms with Crippen molar-refractivity contribution >= 4 is 11.6 Å². The molecule has 1 fully saturated rings. The number of rotatable bonds is 5. The molecule has 20 heavy (non-hydrogen) atoms. The van der Waals surface area contributed by atoms with E-state index in [1.165, 1.54) is 12.8 Å². The third-order valence-corrected chi connectivity index (χ3v) is 3.58. The summed E-state index contributed by atoms with van der Waals surface area (Å²) in [7, 11) is 0. The van der Waals surface area contributed by atoms with Crippen LogP contribution in [0.5, 0.6) is 5.75 Å². The highest BCUT2D eigenvalue weighted by atomic mass is 16.5. The van der Waals surface area contributed by atoms with Gasteiger partial charge in [-0.2, -0.15) is 0 Å². The number of nitrogens with zero attached hydrogens (tertiary/aromatic N) is 1. The normalized spacial score (nSPS) is 15.6. The molecule has 1 N–H and O–H groups in total. The zero-order chi connectivity index (χ0) is 14.2. The number of hydrogen-bond acceptors (Lipinski definition) is 3. The Labute approximate surface area is 121 Å². The average molecular weight is 276 g/mol. The van der Waals surface area contributed by atoms with E-state index in [1.54, 1.807) is 0 Å². The molecule has 0 spiro atoms. The number of para-hydroxylation sites is 2. The van der Waals surface area contributed by atoms with Crippen LogP contribution in [0.25, 0.3) is 0 Å². The molecule has 1 amide bonds. The molecule has 0 unspecified atom stereocenters. The number of likely N-dealkylation sites (tertiary alicyclic amines) is 1. The Morgan fingerprint density at radius 2 is 1.90 bits per heavy atom. The van der Waals surface area contributed by atoms with Crippen LogP contribution in [0.4, 0.5) is 5.69 Å². The van der Waals surface area contributed by atoms with E-state index < -0.39 is 0 Å². The second kappa shape index (κ2) is 7.78. The van der Waals surface area contributed by atoms with Crippen LogP contribution in [0, 0.1) is 0 Å². The number of carbonyl (C=O) groups is 1. The molecule has 1 heterocycles. The van der Waals surface area contributed by atoms with Crippen molar-refractivity contribution in [3.63, 3.8) is 0 Å². The summed E-state index contributed by atoms with van der Waals surface area (Å²) in [6.45, 7) is 4.71. The van der Waals surface area contributed by atoms with Crippen LogP contribution < -0.4 is 10.1 Å². The Bertz CT molecular complexity index is 426. The Morgan fingerprint density at radius 3 is 2.60 bits per heavy atom. The molecule has 110 valence electrons. The van der Waals surface area contributed by atoms with Crippen molar-refractivity contribution in [2.24, 2.45) is 0 Å². The molecule has 1 aliphatic heterocycles. The van der Waals surface area contributed by atoms with Gasteiger partial charge in [-0.05, 0) is 31.9 Å². The Hall–Kier alpha value is -1.71. The highest BCUT2D eigenvalue weighted by molar-refractivity contribution is 5.81. The van der Waals surface area contributed by atoms with Crippen LogP contribution in [0.1, 0.15) is 32.6 Å². The average Bonchev–Trinajstić information content (AvgIpc) is 2.75. The van der Waals surface area contributed by atoms with Crippen molar-refractivity contribution in [2.45, 2.75) is 32.6 Å². The van der Waals surface area contributed by atoms with Gasteiger partial charge < -0.3 is 15.0 Å². The quantitative estimate of drug-likeness (QED) is 0.899. The van der Waals surface area contributed by atoms with Gasteiger partial charge in [-0.3, -0.25) is 4.79 Å². The first-order valence-electron chi connectivity index (χ1n) is 7.54. The molecule has 1 saturated heterocycles. The second-order valence-corrected chi connectivity index (χ2v) is 5.08. The minimum absolute atomic E-state index is 0.179. The van der Waals surface area contributed by atoms with Crippen LogP contribution in [0.15, 0.2) is 24.3 Å². The second-order valence-electron chi connectivity index (χ2n) is 5.08. The minimum atomic E-state index is 0.179. The SMILES string of the molecule is CCOc1ccccc1NCC(=O)N1CCCCCC1. The predicted octanol–water partition coefficient (Wildman–Crippen LogP) is 2.90. The van der Waals surface area contributed by atoms with Gasteiger partial charge in [0.05, 0.1) is 18.8 Å². The Balaban J connectivity index is 1.89. The van der Waals surface area contributed by atoms with E-state index in [9.17, 15) is 4.79 Å². The summed E-state index contributed by atoms with van der Waals surface area (Å²) in [6.07, 6.45) is 4.73. The van der Waals surface area contributed by atoms with Gasteiger partial charge >= 0.3 is 0 Å². The highest BCUT2D eigenvalue weighted by Gasteiger charge is 2.15. The summed E-state index contributed by atoms with van der Waals surface area (Å²) < 4.78 is 5.55. The molecule has 1 aromatic carbocycles. The number of amides is 1. The third kappa shape index (κ3) is 4.15. The van der Waals surface area contributed by atoms with Crippen LogP contribution >= 0.6 is 0 Å². The molecule has 4 heteroatoms. The van der Waals surface area contributed by atoms with Crippen LogP contribution in [0.2, 0.25) is 0 Å². The van der Waals surface area contributed by atoms with Gasteiger partial charge in [0.15, 0.2) is 0 Å². The summed E-state index contributed by atoms with van der Waals surface area (Å²) in [6, 6.07) is 7.75. The zero-order valence-electron chi connectivity index (χ0n) is 12.2. The summed E-state index contributed by atoms with van der Waals surface area (Å²) in [5.74, 6) is 0.983. The first kappa shape index (κ1) is 14.7. The number of anilines is 1. The maximum absolute atomic E-state index is 12.2. The minimum Gasteiger partial charge on any atom is -0.492 e. The standard InChI is InChI=1S/C16H24N2O2/c1-2-20-15-10-6-5-9-14(15)17-13-16(19)18-11-7-3-4-8-12-18/h5-6,9-10,17H,2-4,7-8,11-13H2,1H3. The fourth-order valence-electron chi connectivity index (χ4n) is 2.50. The summed E-state index contributed by atoms with van der Waals surface area (Å²) in [4.78, 5) is 14.2. The Kier molecular flexibility index (Phi) is 5.71. The van der Waals surface area contributed by atoms with Gasteiger partial charge in [0.25, 0.3) is 0 Å². The van der Waals surface area contributed by atoms with E-state index in [0.29, 0.717) is 13.2 Å². The lowest BCUT2D eigenvalue weighted by molar-refractivity contribution is -0.129. The van der Waals surface area contributed by atoms with E-state index in [-0.39, 0.29) is 5.91 Å². The maximum Gasteiger partial charge on any atom is 0.241 e. The van der Waals surface area contributed by atoms with Crippen molar-refractivity contribution < 1.29 is 9.53 Å². The molecule has 0 bridgehead atoms. The summed E-state index contributed by atoms with van der Waals surface area (Å²) >= 11 is 0. The van der Waals surface area contributed by atoms with E-state index >= 15 is 0 Å². The molecular formula is C16H24N2O2. The zero-order valence-corrected chi connectivity index (χ0v) is 12.2. The first-order chi connectivity index (χ1) is 9.81. The Morgan fingerprint density at radius 1 is 1.20 bits per heavy atom. The lowest BCUT2D eigenvalue weighted by atomic mass is 10.2. The molecule has 1 aliphatic rings. The monoisotopic (exact) mass is 276 g/mol. The van der Waals surface area contributed by atoms with E-state index in [0.717, 1.165) is 37.4 Å². The summed E-state index contributed by atoms with van der Waals surface area (Å²) in [5, 5.41) is 3.20. The molecule has 0 radical (unpaired) electrons. The van der Waals surface area contributed by atoms with Crippen LogP contribution in [0.3, 0.4) is 0 Å². The topological polar surface area (TPSA) is 41.6 Å². The fraction of sp³-hybridized carbons (Fsp3) is 0.562. The van der Waals surface area contributed by atoms with E-state index in [1.807, 2.05) is 36.1 Å². The van der Waals surface area contributed by atoms with Crippen LogP contribution in [-0.4, -0.2) is 37.0 Å². The smallest absolute Gasteiger partial charge is 0.241 e. The van der Waals surface area contributed by atoms with Gasteiger partial charge in [0, 0.05) is 13.1 Å². The van der Waals surface area contributed by atoms with Crippen molar-refractivity contribution in [1.29, 1.82) is 0 Å². The van der Waals surface area contributed by atoms with E-state index in [4.69, 9.17) is 4.74 Å². The van der Waals surface area contributed by atoms with Crippen molar-refractivity contribution in [3.8, 4) is 5.75 Å².